The molecule has 338 valence electrons. The Balaban J connectivity index is 0.969. The van der Waals surface area contributed by atoms with E-state index in [0.29, 0.717) is 0 Å². The number of para-hydroxylation sites is 4. The molecule has 72 heavy (non-hydrogen) atoms. The van der Waals surface area contributed by atoms with Gasteiger partial charge in [0.05, 0.1) is 11.0 Å². The normalized spacial score (nSPS) is 13.0. The summed E-state index contributed by atoms with van der Waals surface area (Å²) in [5.41, 5.74) is 18.3. The van der Waals surface area contributed by atoms with E-state index in [9.17, 15) is 0 Å². The average molecular weight is 919 g/mol. The van der Waals surface area contributed by atoms with Crippen LogP contribution in [-0.2, 0) is 5.41 Å². The van der Waals surface area contributed by atoms with Crippen LogP contribution >= 0.6 is 0 Å². The molecule has 0 radical (unpaired) electrons. The van der Waals surface area contributed by atoms with Crippen LogP contribution in [0.3, 0.4) is 0 Å². The minimum Gasteiger partial charge on any atom is -0.456 e. The number of furan rings is 1. The Kier molecular flexibility index (Phi) is 8.71. The molecule has 0 saturated carbocycles. The Labute approximate surface area is 417 Å². The molecular weight excluding hydrogens is 873 g/mol. The molecule has 2 heterocycles. The molecule has 0 bridgehead atoms. The quantitative estimate of drug-likeness (QED) is 0.155. The summed E-state index contributed by atoms with van der Waals surface area (Å²) in [6, 6.07) is 89.1. The van der Waals surface area contributed by atoms with Crippen molar-refractivity contribution in [1.82, 2.24) is 4.57 Å². The van der Waals surface area contributed by atoms with Crippen molar-refractivity contribution >= 4 is 93.1 Å². The molecule has 3 heteroatoms. The van der Waals surface area contributed by atoms with Gasteiger partial charge in [0, 0.05) is 66.9 Å². The van der Waals surface area contributed by atoms with Gasteiger partial charge in [-0.05, 0) is 126 Å². The molecule has 0 aliphatic heterocycles. The number of rotatable bonds is 6. The van der Waals surface area contributed by atoms with Crippen molar-refractivity contribution in [3.05, 3.63) is 254 Å². The molecule has 0 N–H and O–H groups in total. The molecule has 0 fully saturated rings. The van der Waals surface area contributed by atoms with Crippen LogP contribution in [0.5, 0.6) is 0 Å². The maximum atomic E-state index is 6.88. The van der Waals surface area contributed by atoms with E-state index in [0.717, 1.165) is 72.4 Å². The van der Waals surface area contributed by atoms with Gasteiger partial charge >= 0.3 is 0 Å². The van der Waals surface area contributed by atoms with Gasteiger partial charge in [0.25, 0.3) is 0 Å². The third kappa shape index (κ3) is 5.85. The summed E-state index contributed by atoms with van der Waals surface area (Å²) in [5, 5.41) is 12.2. The first-order valence-electron chi connectivity index (χ1n) is 25.0. The maximum Gasteiger partial charge on any atom is 0.138 e. The predicted molar refractivity (Wildman–Crippen MR) is 304 cm³/mol. The number of hydrogen-bond acceptors (Lipinski definition) is 2. The van der Waals surface area contributed by atoms with Crippen LogP contribution in [0.4, 0.5) is 17.1 Å². The number of benzene rings is 12. The van der Waals surface area contributed by atoms with Crippen molar-refractivity contribution in [2.75, 3.05) is 4.90 Å². The predicted octanol–water partition coefficient (Wildman–Crippen LogP) is 19.3. The average Bonchev–Trinajstić information content (AvgIpc) is 4.06. The lowest BCUT2D eigenvalue weighted by molar-refractivity contribution is 0.660. The van der Waals surface area contributed by atoms with Gasteiger partial charge in [0.1, 0.15) is 11.2 Å². The van der Waals surface area contributed by atoms with Gasteiger partial charge in [-0.15, -0.1) is 0 Å². The van der Waals surface area contributed by atoms with Crippen molar-refractivity contribution in [1.29, 1.82) is 0 Å². The molecule has 0 atom stereocenters. The van der Waals surface area contributed by atoms with Crippen LogP contribution < -0.4 is 4.90 Å². The van der Waals surface area contributed by atoms with E-state index in [1.165, 1.54) is 70.9 Å². The van der Waals surface area contributed by atoms with Crippen LogP contribution in [0.15, 0.2) is 247 Å². The van der Waals surface area contributed by atoms with Crippen molar-refractivity contribution in [3.8, 4) is 39.1 Å². The second-order valence-corrected chi connectivity index (χ2v) is 20.0. The fourth-order valence-corrected chi connectivity index (χ4v) is 12.5. The standard InChI is InChI=1S/C69H46N2O/c1-69(2)60-30-15-13-26-55(60)56-39-37-48(41-61(56)69)70(45-18-5-3-6-19-45)47-35-32-43(33-36-47)49-28-17-29-58-66-62(71(68(49)58)46-20-7-4-8-21-46)42-64-67(57-27-14-16-31-63(57)72-64)65(66)44-34-38-54-52-24-10-9-22-50(52)51-23-11-12-25-53(51)59(54)40-44/h3-42H,1-2H3. The zero-order valence-corrected chi connectivity index (χ0v) is 39.9. The molecule has 0 saturated heterocycles. The van der Waals surface area contributed by atoms with E-state index in [1.54, 1.807) is 0 Å². The Morgan fingerprint density at radius 2 is 0.917 bits per heavy atom. The Hall–Kier alpha value is -9.18. The fourth-order valence-electron chi connectivity index (χ4n) is 12.5. The van der Waals surface area contributed by atoms with Gasteiger partial charge in [0.15, 0.2) is 0 Å². The maximum absolute atomic E-state index is 6.88. The second-order valence-electron chi connectivity index (χ2n) is 20.0. The first-order chi connectivity index (χ1) is 35.5. The molecule has 15 rings (SSSR count). The summed E-state index contributed by atoms with van der Waals surface area (Å²) in [5.74, 6) is 0. The summed E-state index contributed by atoms with van der Waals surface area (Å²) >= 11 is 0. The minimum atomic E-state index is -0.114. The molecule has 3 nitrogen and oxygen atoms in total. The number of hydrogen-bond donors (Lipinski definition) is 0. The Morgan fingerprint density at radius 1 is 0.361 bits per heavy atom. The van der Waals surface area contributed by atoms with Crippen molar-refractivity contribution in [2.24, 2.45) is 0 Å². The second kappa shape index (κ2) is 15.4. The first-order valence-corrected chi connectivity index (χ1v) is 25.0. The van der Waals surface area contributed by atoms with Crippen LogP contribution in [0, 0.1) is 0 Å². The van der Waals surface area contributed by atoms with Gasteiger partial charge < -0.3 is 13.9 Å². The molecule has 1 aliphatic rings. The smallest absolute Gasteiger partial charge is 0.138 e. The van der Waals surface area contributed by atoms with Gasteiger partial charge in [0.2, 0.25) is 0 Å². The Bertz CT molecular complexity index is 4490. The highest BCUT2D eigenvalue weighted by Gasteiger charge is 2.36. The summed E-state index contributed by atoms with van der Waals surface area (Å²) in [4.78, 5) is 2.39. The lowest BCUT2D eigenvalue weighted by Gasteiger charge is -2.28. The Morgan fingerprint density at radius 3 is 1.67 bits per heavy atom. The lowest BCUT2D eigenvalue weighted by atomic mass is 9.82. The molecular formula is C69H46N2O. The van der Waals surface area contributed by atoms with Gasteiger partial charge in [-0.1, -0.05) is 190 Å². The van der Waals surface area contributed by atoms with E-state index in [-0.39, 0.29) is 5.41 Å². The van der Waals surface area contributed by atoms with Crippen molar-refractivity contribution < 1.29 is 4.42 Å². The highest BCUT2D eigenvalue weighted by Crippen LogP contribution is 2.52. The van der Waals surface area contributed by atoms with Crippen LogP contribution in [-0.4, -0.2) is 4.57 Å². The van der Waals surface area contributed by atoms with Crippen LogP contribution in [0.2, 0.25) is 0 Å². The first kappa shape index (κ1) is 40.7. The number of nitrogens with zero attached hydrogens (tertiary/aromatic N) is 2. The molecule has 14 aromatic rings. The highest BCUT2D eigenvalue weighted by atomic mass is 16.3. The van der Waals surface area contributed by atoms with Gasteiger partial charge in [-0.3, -0.25) is 0 Å². The topological polar surface area (TPSA) is 21.3 Å². The minimum absolute atomic E-state index is 0.114. The van der Waals surface area contributed by atoms with E-state index >= 15 is 0 Å². The number of fused-ring (bicyclic) bond motifs is 15. The molecule has 2 aromatic heterocycles. The van der Waals surface area contributed by atoms with Crippen LogP contribution in [0.1, 0.15) is 25.0 Å². The highest BCUT2D eigenvalue weighted by molar-refractivity contribution is 6.30. The molecule has 0 spiro atoms. The van der Waals surface area contributed by atoms with Crippen LogP contribution in [0.25, 0.3) is 115 Å². The zero-order chi connectivity index (χ0) is 47.7. The van der Waals surface area contributed by atoms with E-state index < -0.39 is 0 Å². The third-order valence-electron chi connectivity index (χ3n) is 15.7. The molecule has 0 unspecified atom stereocenters. The molecule has 0 amide bonds. The molecule has 1 aliphatic carbocycles. The van der Waals surface area contributed by atoms with Crippen molar-refractivity contribution in [3.63, 3.8) is 0 Å². The summed E-state index contributed by atoms with van der Waals surface area (Å²) in [6.07, 6.45) is 0. The monoisotopic (exact) mass is 918 g/mol. The van der Waals surface area contributed by atoms with E-state index in [1.807, 2.05) is 0 Å². The summed E-state index contributed by atoms with van der Waals surface area (Å²) in [6.45, 7) is 4.71. The zero-order valence-electron chi connectivity index (χ0n) is 39.9. The van der Waals surface area contributed by atoms with Gasteiger partial charge in [-0.25, -0.2) is 0 Å². The lowest BCUT2D eigenvalue weighted by Crippen LogP contribution is -2.16. The summed E-state index contributed by atoms with van der Waals surface area (Å²) in [7, 11) is 0. The summed E-state index contributed by atoms with van der Waals surface area (Å²) < 4.78 is 9.35. The fraction of sp³-hybridized carbons (Fsp3) is 0.0435. The third-order valence-corrected chi connectivity index (χ3v) is 15.7. The van der Waals surface area contributed by atoms with Gasteiger partial charge in [-0.2, -0.15) is 0 Å². The number of anilines is 3. The van der Waals surface area contributed by atoms with E-state index in [4.69, 9.17) is 4.42 Å². The molecule has 12 aromatic carbocycles. The van der Waals surface area contributed by atoms with Crippen molar-refractivity contribution in [2.45, 2.75) is 19.3 Å². The number of aromatic nitrogens is 1. The SMILES string of the molecule is CC1(C)c2ccccc2-c2ccc(N(c3ccccc3)c3ccc(-c4cccc5c6c(-c7ccc8c9ccccc9c9ccccc9c8c7)c7c(cc6n(-c6ccccc6)c45)oc4ccccc47)cc3)cc21. The van der Waals surface area contributed by atoms with E-state index in [2.05, 4.69) is 266 Å². The largest absolute Gasteiger partial charge is 0.456 e.